The van der Waals surface area contributed by atoms with Crippen LogP contribution >= 0.6 is 0 Å². The minimum atomic E-state index is -0.522. The van der Waals surface area contributed by atoms with Gasteiger partial charge in [0.1, 0.15) is 5.84 Å². The summed E-state index contributed by atoms with van der Waals surface area (Å²) in [5, 5.41) is 21.2. The molecule has 0 aromatic heterocycles. The monoisotopic (exact) mass is 215 g/mol. The molecular weight excluding hydrogens is 194 g/mol. The molecule has 0 bridgehead atoms. The zero-order valence-electron chi connectivity index (χ0n) is 9.32. The second-order valence-corrected chi connectivity index (χ2v) is 4.53. The van der Waals surface area contributed by atoms with Crippen LogP contribution in [-0.2, 0) is 0 Å². The van der Waals surface area contributed by atoms with E-state index in [1.807, 2.05) is 6.92 Å². The van der Waals surface area contributed by atoms with E-state index in [1.54, 1.807) is 0 Å². The van der Waals surface area contributed by atoms with Crippen molar-refractivity contribution < 1.29 is 10.3 Å². The second-order valence-electron chi connectivity index (χ2n) is 4.53. The van der Waals surface area contributed by atoms with Crippen molar-refractivity contribution in [1.82, 2.24) is 4.90 Å². The number of amidine groups is 1. The van der Waals surface area contributed by atoms with Crippen molar-refractivity contribution in [3.8, 4) is 0 Å². The zero-order chi connectivity index (χ0) is 11.3. The van der Waals surface area contributed by atoms with E-state index >= 15 is 0 Å². The molecule has 15 heavy (non-hydrogen) atoms. The summed E-state index contributed by atoms with van der Waals surface area (Å²) in [5.41, 5.74) is 4.88. The normalized spacial score (nSPS) is 30.1. The molecule has 0 spiro atoms. The average Bonchev–Trinajstić information content (AvgIpc) is 2.36. The van der Waals surface area contributed by atoms with Crippen molar-refractivity contribution in [1.29, 1.82) is 0 Å². The van der Waals surface area contributed by atoms with Crippen LogP contribution in [0.1, 0.15) is 32.6 Å². The van der Waals surface area contributed by atoms with Crippen LogP contribution in [-0.4, -0.2) is 46.3 Å². The Balaban J connectivity index is 2.32. The van der Waals surface area contributed by atoms with E-state index in [1.165, 1.54) is 0 Å². The fraction of sp³-hybridized carbons (Fsp3) is 0.900. The van der Waals surface area contributed by atoms with Crippen molar-refractivity contribution in [3.63, 3.8) is 0 Å². The van der Waals surface area contributed by atoms with Gasteiger partial charge in [-0.25, -0.2) is 0 Å². The maximum Gasteiger partial charge on any atom is 0.140 e. The summed E-state index contributed by atoms with van der Waals surface area (Å²) in [6.07, 6.45) is 3.23. The quantitative estimate of drug-likeness (QED) is 0.275. The SMILES string of the molecule is CC1(O)CCCN(CCC(N)=NO)CC1. The van der Waals surface area contributed by atoms with Gasteiger partial charge in [-0.1, -0.05) is 5.16 Å². The summed E-state index contributed by atoms with van der Waals surface area (Å²) in [7, 11) is 0. The minimum Gasteiger partial charge on any atom is -0.409 e. The summed E-state index contributed by atoms with van der Waals surface area (Å²) >= 11 is 0. The predicted molar refractivity (Wildman–Crippen MR) is 58.9 cm³/mol. The Kier molecular flexibility index (Phi) is 4.35. The first kappa shape index (κ1) is 12.3. The number of oxime groups is 1. The lowest BCUT2D eigenvalue weighted by molar-refractivity contribution is 0.0447. The molecule has 1 aliphatic heterocycles. The highest BCUT2D eigenvalue weighted by molar-refractivity contribution is 5.79. The van der Waals surface area contributed by atoms with E-state index < -0.39 is 5.60 Å². The van der Waals surface area contributed by atoms with Gasteiger partial charge in [0.2, 0.25) is 0 Å². The predicted octanol–water partition coefficient (Wildman–Crippen LogP) is 0.360. The fourth-order valence-electron chi connectivity index (χ4n) is 1.87. The molecule has 4 N–H and O–H groups in total. The number of nitrogens with zero attached hydrogens (tertiary/aromatic N) is 2. The molecule has 1 saturated heterocycles. The molecular formula is C10H21N3O2. The third-order valence-electron chi connectivity index (χ3n) is 2.97. The third-order valence-corrected chi connectivity index (χ3v) is 2.97. The summed E-state index contributed by atoms with van der Waals surface area (Å²) in [4.78, 5) is 2.25. The molecule has 5 heteroatoms. The average molecular weight is 215 g/mol. The molecule has 0 aromatic carbocycles. The lowest BCUT2D eigenvalue weighted by Gasteiger charge is -2.22. The molecule has 1 fully saturated rings. The largest absolute Gasteiger partial charge is 0.409 e. The van der Waals surface area contributed by atoms with E-state index in [0.29, 0.717) is 6.42 Å². The highest BCUT2D eigenvalue weighted by atomic mass is 16.4. The molecule has 0 aromatic rings. The molecule has 0 aliphatic carbocycles. The Morgan fingerprint density at radius 3 is 2.87 bits per heavy atom. The summed E-state index contributed by atoms with van der Waals surface area (Å²) in [6.45, 7) is 4.55. The van der Waals surface area contributed by atoms with Crippen LogP contribution in [0.5, 0.6) is 0 Å². The lowest BCUT2D eigenvalue weighted by atomic mass is 9.98. The molecule has 88 valence electrons. The third kappa shape index (κ3) is 4.48. The van der Waals surface area contributed by atoms with Crippen LogP contribution < -0.4 is 5.73 Å². The highest BCUT2D eigenvalue weighted by Gasteiger charge is 2.24. The van der Waals surface area contributed by atoms with Crippen molar-refractivity contribution in [2.75, 3.05) is 19.6 Å². The van der Waals surface area contributed by atoms with Gasteiger partial charge >= 0.3 is 0 Å². The first-order valence-electron chi connectivity index (χ1n) is 5.45. The molecule has 1 aliphatic rings. The van der Waals surface area contributed by atoms with Gasteiger partial charge in [0, 0.05) is 19.5 Å². The molecule has 1 heterocycles. The van der Waals surface area contributed by atoms with Gasteiger partial charge in [-0.2, -0.15) is 0 Å². The van der Waals surface area contributed by atoms with Crippen molar-refractivity contribution in [2.45, 2.75) is 38.2 Å². The Bertz CT molecular complexity index is 229. The van der Waals surface area contributed by atoms with Gasteiger partial charge in [0.25, 0.3) is 0 Å². The Hall–Kier alpha value is -0.810. The lowest BCUT2D eigenvalue weighted by Crippen LogP contribution is -2.31. The van der Waals surface area contributed by atoms with E-state index in [-0.39, 0.29) is 5.84 Å². The number of aliphatic hydroxyl groups is 1. The van der Waals surface area contributed by atoms with Crippen molar-refractivity contribution >= 4 is 5.84 Å². The highest BCUT2D eigenvalue weighted by Crippen LogP contribution is 2.21. The van der Waals surface area contributed by atoms with Crippen LogP contribution in [0.25, 0.3) is 0 Å². The first-order valence-corrected chi connectivity index (χ1v) is 5.45. The van der Waals surface area contributed by atoms with E-state index in [0.717, 1.165) is 38.9 Å². The van der Waals surface area contributed by atoms with Gasteiger partial charge in [-0.15, -0.1) is 0 Å². The molecule has 1 unspecified atom stereocenters. The fourth-order valence-corrected chi connectivity index (χ4v) is 1.87. The summed E-state index contributed by atoms with van der Waals surface area (Å²) < 4.78 is 0. The topological polar surface area (TPSA) is 82.1 Å². The van der Waals surface area contributed by atoms with Gasteiger partial charge in [0.15, 0.2) is 0 Å². The summed E-state index contributed by atoms with van der Waals surface area (Å²) in [6, 6.07) is 0. The van der Waals surface area contributed by atoms with Crippen LogP contribution in [0.2, 0.25) is 0 Å². The van der Waals surface area contributed by atoms with E-state index in [4.69, 9.17) is 10.9 Å². The first-order chi connectivity index (χ1) is 7.03. The molecule has 0 amide bonds. The maximum atomic E-state index is 9.88. The minimum absolute atomic E-state index is 0.269. The van der Waals surface area contributed by atoms with Crippen LogP contribution in [0.4, 0.5) is 0 Å². The van der Waals surface area contributed by atoms with Crippen molar-refractivity contribution in [3.05, 3.63) is 0 Å². The Morgan fingerprint density at radius 1 is 1.47 bits per heavy atom. The van der Waals surface area contributed by atoms with E-state index in [2.05, 4.69) is 10.1 Å². The van der Waals surface area contributed by atoms with Gasteiger partial charge in [0.05, 0.1) is 5.60 Å². The Labute approximate surface area is 90.6 Å². The standard InChI is InChI=1S/C10H21N3O2/c1-10(14)4-2-6-13(8-5-10)7-3-9(11)12-15/h14-15H,2-8H2,1H3,(H2,11,12). The molecule has 1 atom stereocenters. The van der Waals surface area contributed by atoms with Crippen LogP contribution in [0.15, 0.2) is 5.16 Å². The zero-order valence-corrected chi connectivity index (χ0v) is 9.32. The number of likely N-dealkylation sites (tertiary alicyclic amines) is 1. The molecule has 5 nitrogen and oxygen atoms in total. The smallest absolute Gasteiger partial charge is 0.140 e. The number of rotatable bonds is 3. The number of hydrogen-bond donors (Lipinski definition) is 3. The van der Waals surface area contributed by atoms with Gasteiger partial charge in [-0.3, -0.25) is 0 Å². The number of nitrogens with two attached hydrogens (primary N) is 1. The van der Waals surface area contributed by atoms with Gasteiger partial charge in [-0.05, 0) is 32.7 Å². The van der Waals surface area contributed by atoms with Crippen molar-refractivity contribution in [2.24, 2.45) is 10.9 Å². The maximum absolute atomic E-state index is 9.88. The van der Waals surface area contributed by atoms with E-state index in [9.17, 15) is 5.11 Å². The molecule has 0 saturated carbocycles. The van der Waals surface area contributed by atoms with Gasteiger partial charge < -0.3 is 20.9 Å². The molecule has 1 rings (SSSR count). The summed E-state index contributed by atoms with van der Waals surface area (Å²) in [5.74, 6) is 0.269. The molecule has 0 radical (unpaired) electrons. The van der Waals surface area contributed by atoms with Crippen LogP contribution in [0, 0.1) is 0 Å². The Morgan fingerprint density at radius 2 is 2.20 bits per heavy atom. The number of hydrogen-bond acceptors (Lipinski definition) is 4. The van der Waals surface area contributed by atoms with Crippen LogP contribution in [0.3, 0.4) is 0 Å². The second kappa shape index (κ2) is 5.32.